The smallest absolute Gasteiger partial charge is 0.255 e. The second-order valence-corrected chi connectivity index (χ2v) is 4.38. The highest BCUT2D eigenvalue weighted by Crippen LogP contribution is 2.18. The molecule has 0 aliphatic rings. The summed E-state index contributed by atoms with van der Waals surface area (Å²) >= 11 is 0. The van der Waals surface area contributed by atoms with Crippen molar-refractivity contribution in [3.05, 3.63) is 29.6 Å². The van der Waals surface area contributed by atoms with E-state index in [9.17, 15) is 14.3 Å². The summed E-state index contributed by atoms with van der Waals surface area (Å²) in [6.45, 7) is 3.54. The van der Waals surface area contributed by atoms with Crippen LogP contribution in [0.5, 0.6) is 5.75 Å². The molecular formula is C12H16FN3O3. The predicted octanol–water partition coefficient (Wildman–Crippen LogP) is 1.03. The molecule has 0 heterocycles. The molecule has 104 valence electrons. The Morgan fingerprint density at radius 2 is 2.11 bits per heavy atom. The summed E-state index contributed by atoms with van der Waals surface area (Å²) in [5.74, 6) is -2.03. The Morgan fingerprint density at radius 3 is 2.58 bits per heavy atom. The Bertz CT molecular complexity index is 503. The number of oxime groups is 1. The number of hydrogen-bond acceptors (Lipinski definition) is 4. The molecule has 0 saturated heterocycles. The first-order valence-electron chi connectivity index (χ1n) is 5.63. The van der Waals surface area contributed by atoms with E-state index in [0.717, 1.165) is 18.2 Å². The molecule has 5 N–H and O–H groups in total. The number of phenols is 1. The third-order valence-electron chi connectivity index (χ3n) is 2.59. The Labute approximate surface area is 109 Å². The summed E-state index contributed by atoms with van der Waals surface area (Å²) in [5.41, 5.74) is 5.38. The zero-order chi connectivity index (χ0) is 14.6. The highest BCUT2D eigenvalue weighted by molar-refractivity contribution is 6.00. The normalized spacial score (nSPS) is 13.4. The van der Waals surface area contributed by atoms with Crippen LogP contribution in [0.1, 0.15) is 24.2 Å². The third kappa shape index (κ3) is 3.57. The molecule has 1 aromatic rings. The molecule has 1 unspecified atom stereocenters. The van der Waals surface area contributed by atoms with Gasteiger partial charge in [-0.2, -0.15) is 0 Å². The summed E-state index contributed by atoms with van der Waals surface area (Å²) in [7, 11) is 0. The second kappa shape index (κ2) is 6.03. The average molecular weight is 269 g/mol. The zero-order valence-corrected chi connectivity index (χ0v) is 10.6. The molecule has 1 aromatic carbocycles. The number of amides is 1. The molecule has 7 heteroatoms. The highest BCUT2D eigenvalue weighted by Gasteiger charge is 2.22. The SMILES string of the molecule is CC(C)C(NC(=O)c1ccc(F)cc1O)/C(N)=N/O. The van der Waals surface area contributed by atoms with Crippen LogP contribution in [0.2, 0.25) is 0 Å². The van der Waals surface area contributed by atoms with Crippen LogP contribution in [-0.2, 0) is 0 Å². The number of phenolic OH excluding ortho intramolecular Hbond substituents is 1. The number of aromatic hydroxyl groups is 1. The lowest BCUT2D eigenvalue weighted by Crippen LogP contribution is -2.47. The number of nitrogens with two attached hydrogens (primary N) is 1. The number of carbonyl (C=O) groups is 1. The van der Waals surface area contributed by atoms with Gasteiger partial charge in [0.1, 0.15) is 11.6 Å². The number of halogens is 1. The van der Waals surface area contributed by atoms with Gasteiger partial charge in [-0.3, -0.25) is 4.79 Å². The summed E-state index contributed by atoms with van der Waals surface area (Å²) in [5, 5.41) is 23.5. The van der Waals surface area contributed by atoms with Crippen LogP contribution in [0.3, 0.4) is 0 Å². The van der Waals surface area contributed by atoms with E-state index in [0.29, 0.717) is 0 Å². The number of hydrogen-bond donors (Lipinski definition) is 4. The van der Waals surface area contributed by atoms with Gasteiger partial charge in [0.15, 0.2) is 5.84 Å². The van der Waals surface area contributed by atoms with Crippen molar-refractivity contribution in [2.75, 3.05) is 0 Å². The molecule has 0 saturated carbocycles. The third-order valence-corrected chi connectivity index (χ3v) is 2.59. The van der Waals surface area contributed by atoms with Crippen molar-refractivity contribution in [2.24, 2.45) is 16.8 Å². The fraction of sp³-hybridized carbons (Fsp3) is 0.333. The molecule has 1 atom stereocenters. The van der Waals surface area contributed by atoms with Gasteiger partial charge < -0.3 is 21.4 Å². The second-order valence-electron chi connectivity index (χ2n) is 4.38. The first kappa shape index (κ1) is 14.7. The summed E-state index contributed by atoms with van der Waals surface area (Å²) in [6.07, 6.45) is 0. The van der Waals surface area contributed by atoms with Crippen LogP contribution in [-0.4, -0.2) is 28.1 Å². The molecule has 0 aliphatic heterocycles. The maximum Gasteiger partial charge on any atom is 0.255 e. The van der Waals surface area contributed by atoms with Gasteiger partial charge in [-0.05, 0) is 18.1 Å². The minimum absolute atomic E-state index is 0.0854. The van der Waals surface area contributed by atoms with Gasteiger partial charge in [-0.15, -0.1) is 0 Å². The van der Waals surface area contributed by atoms with E-state index < -0.39 is 23.5 Å². The van der Waals surface area contributed by atoms with Crippen LogP contribution < -0.4 is 11.1 Å². The van der Waals surface area contributed by atoms with Crippen LogP contribution >= 0.6 is 0 Å². The Morgan fingerprint density at radius 1 is 1.47 bits per heavy atom. The number of carbonyl (C=O) groups excluding carboxylic acids is 1. The topological polar surface area (TPSA) is 108 Å². The van der Waals surface area contributed by atoms with E-state index in [1.165, 1.54) is 0 Å². The van der Waals surface area contributed by atoms with E-state index in [1.807, 2.05) is 0 Å². The summed E-state index contributed by atoms with van der Waals surface area (Å²) in [4.78, 5) is 11.9. The van der Waals surface area contributed by atoms with Crippen molar-refractivity contribution >= 4 is 11.7 Å². The number of amidine groups is 1. The van der Waals surface area contributed by atoms with Gasteiger partial charge in [0, 0.05) is 6.07 Å². The van der Waals surface area contributed by atoms with Crippen molar-refractivity contribution in [3.8, 4) is 5.75 Å². The molecule has 0 spiro atoms. The summed E-state index contributed by atoms with van der Waals surface area (Å²) in [6, 6.07) is 2.36. The van der Waals surface area contributed by atoms with Crippen LogP contribution in [0.25, 0.3) is 0 Å². The molecule has 6 nitrogen and oxygen atoms in total. The lowest BCUT2D eigenvalue weighted by Gasteiger charge is -2.21. The van der Waals surface area contributed by atoms with E-state index in [2.05, 4.69) is 10.5 Å². The maximum absolute atomic E-state index is 12.8. The highest BCUT2D eigenvalue weighted by atomic mass is 19.1. The molecule has 0 aliphatic carbocycles. The predicted molar refractivity (Wildman–Crippen MR) is 67.6 cm³/mol. The average Bonchev–Trinajstić information content (AvgIpc) is 2.34. The number of nitrogens with zero attached hydrogens (tertiary/aromatic N) is 1. The fourth-order valence-corrected chi connectivity index (χ4v) is 1.56. The minimum Gasteiger partial charge on any atom is -0.507 e. The fourth-order valence-electron chi connectivity index (χ4n) is 1.56. The molecule has 1 rings (SSSR count). The van der Waals surface area contributed by atoms with Crippen molar-refractivity contribution < 1.29 is 19.5 Å². The van der Waals surface area contributed by atoms with Gasteiger partial charge in [-0.1, -0.05) is 19.0 Å². The molecule has 0 bridgehead atoms. The number of benzene rings is 1. The van der Waals surface area contributed by atoms with Crippen LogP contribution in [0, 0.1) is 11.7 Å². The first-order chi connectivity index (χ1) is 8.86. The first-order valence-corrected chi connectivity index (χ1v) is 5.63. The number of rotatable bonds is 4. The van der Waals surface area contributed by atoms with Gasteiger partial charge in [0.2, 0.25) is 0 Å². The Hall–Kier alpha value is -2.31. The van der Waals surface area contributed by atoms with Gasteiger partial charge in [0.05, 0.1) is 11.6 Å². The molecule has 1 amide bonds. The zero-order valence-electron chi connectivity index (χ0n) is 10.6. The molecule has 0 fully saturated rings. The van der Waals surface area contributed by atoms with Crippen molar-refractivity contribution in [1.29, 1.82) is 0 Å². The van der Waals surface area contributed by atoms with E-state index in [-0.39, 0.29) is 17.3 Å². The molecule has 0 radical (unpaired) electrons. The van der Waals surface area contributed by atoms with Gasteiger partial charge in [0.25, 0.3) is 5.91 Å². The van der Waals surface area contributed by atoms with Crippen molar-refractivity contribution in [1.82, 2.24) is 5.32 Å². The molecule has 0 aromatic heterocycles. The van der Waals surface area contributed by atoms with Crippen molar-refractivity contribution in [2.45, 2.75) is 19.9 Å². The monoisotopic (exact) mass is 269 g/mol. The van der Waals surface area contributed by atoms with Crippen LogP contribution in [0.15, 0.2) is 23.4 Å². The summed E-state index contributed by atoms with van der Waals surface area (Å²) < 4.78 is 12.8. The quantitative estimate of drug-likeness (QED) is 0.283. The minimum atomic E-state index is -0.693. The van der Waals surface area contributed by atoms with E-state index >= 15 is 0 Å². The number of nitrogens with one attached hydrogen (secondary N) is 1. The maximum atomic E-state index is 12.8. The molecule has 19 heavy (non-hydrogen) atoms. The standard InChI is InChI=1S/C12H16FN3O3/c1-6(2)10(11(14)16-19)15-12(18)8-4-3-7(13)5-9(8)17/h3-6,10,17,19H,1-2H3,(H2,14,16)(H,15,18). The van der Waals surface area contributed by atoms with Gasteiger partial charge in [-0.25, -0.2) is 4.39 Å². The Kier molecular flexibility index (Phi) is 4.68. The van der Waals surface area contributed by atoms with Gasteiger partial charge >= 0.3 is 0 Å². The lowest BCUT2D eigenvalue weighted by atomic mass is 10.0. The van der Waals surface area contributed by atoms with Crippen LogP contribution in [0.4, 0.5) is 4.39 Å². The van der Waals surface area contributed by atoms with Crippen molar-refractivity contribution in [3.63, 3.8) is 0 Å². The van der Waals surface area contributed by atoms with E-state index in [1.54, 1.807) is 13.8 Å². The Balaban J connectivity index is 2.94. The largest absolute Gasteiger partial charge is 0.507 e. The molecular weight excluding hydrogens is 253 g/mol. The van der Waals surface area contributed by atoms with E-state index in [4.69, 9.17) is 10.9 Å². The lowest BCUT2D eigenvalue weighted by molar-refractivity contribution is 0.0936.